The molecule has 1 rings (SSSR count). The van der Waals surface area contributed by atoms with Gasteiger partial charge in [0.05, 0.1) is 19.8 Å². The smallest absolute Gasteiger partial charge is 0.119 e. The molecule has 0 saturated heterocycles. The van der Waals surface area contributed by atoms with Crippen molar-refractivity contribution in [1.29, 1.82) is 0 Å². The summed E-state index contributed by atoms with van der Waals surface area (Å²) >= 11 is 0. The lowest BCUT2D eigenvalue weighted by Crippen LogP contribution is -2.32. The first-order valence-electron chi connectivity index (χ1n) is 7.01. The summed E-state index contributed by atoms with van der Waals surface area (Å²) in [6.07, 6.45) is 2.46. The summed E-state index contributed by atoms with van der Waals surface area (Å²) in [5, 5.41) is 19.1. The molecule has 0 fully saturated rings. The number of aliphatic hydroxyl groups is 2. The lowest BCUT2D eigenvalue weighted by atomic mass is 9.78. The molecule has 0 saturated carbocycles. The van der Waals surface area contributed by atoms with Gasteiger partial charge in [-0.3, -0.25) is 0 Å². The Morgan fingerprint density at radius 2 is 1.74 bits per heavy atom. The number of hydrogen-bond donors (Lipinski definition) is 2. The molecule has 0 heterocycles. The second kappa shape index (κ2) is 8.18. The minimum atomic E-state index is -0.367. The van der Waals surface area contributed by atoms with Crippen molar-refractivity contribution in [3.8, 4) is 5.75 Å². The van der Waals surface area contributed by atoms with Crippen molar-refractivity contribution in [2.75, 3.05) is 19.8 Å². The Morgan fingerprint density at radius 1 is 1.11 bits per heavy atom. The molecule has 0 bridgehead atoms. The fraction of sp³-hybridized carbons (Fsp3) is 0.625. The molecule has 3 heteroatoms. The first-order valence-corrected chi connectivity index (χ1v) is 7.01. The second-order valence-electron chi connectivity index (χ2n) is 5.68. The van der Waals surface area contributed by atoms with E-state index in [9.17, 15) is 10.2 Å². The van der Waals surface area contributed by atoms with Gasteiger partial charge in [-0.05, 0) is 37.3 Å². The van der Waals surface area contributed by atoms with E-state index in [4.69, 9.17) is 4.74 Å². The molecule has 0 unspecified atom stereocenters. The molecule has 0 amide bonds. The van der Waals surface area contributed by atoms with Gasteiger partial charge in [-0.15, -0.1) is 0 Å². The van der Waals surface area contributed by atoms with Gasteiger partial charge in [0.1, 0.15) is 5.75 Å². The van der Waals surface area contributed by atoms with E-state index in [1.54, 1.807) is 0 Å². The number of para-hydroxylation sites is 1. The monoisotopic (exact) mass is 266 g/mol. The largest absolute Gasteiger partial charge is 0.494 e. The van der Waals surface area contributed by atoms with Crippen LogP contribution in [0.2, 0.25) is 0 Å². The summed E-state index contributed by atoms with van der Waals surface area (Å²) in [6, 6.07) is 9.70. The van der Waals surface area contributed by atoms with Crippen LogP contribution in [0.15, 0.2) is 30.3 Å². The predicted octanol–water partition coefficient (Wildman–Crippen LogP) is 2.86. The molecule has 0 spiro atoms. The quantitative estimate of drug-likeness (QED) is 0.676. The molecule has 1 aromatic rings. The van der Waals surface area contributed by atoms with Crippen molar-refractivity contribution >= 4 is 0 Å². The molecule has 0 aliphatic heterocycles. The van der Waals surface area contributed by atoms with Gasteiger partial charge in [-0.25, -0.2) is 0 Å². The Labute approximate surface area is 116 Å². The normalized spacial score (nSPS) is 11.8. The molecule has 19 heavy (non-hydrogen) atoms. The molecular weight excluding hydrogens is 240 g/mol. The Kier molecular flexibility index (Phi) is 6.89. The van der Waals surface area contributed by atoms with Crippen LogP contribution in [0, 0.1) is 11.3 Å². The van der Waals surface area contributed by atoms with Crippen LogP contribution >= 0.6 is 0 Å². The van der Waals surface area contributed by atoms with Crippen LogP contribution in [0.1, 0.15) is 33.1 Å². The predicted molar refractivity (Wildman–Crippen MR) is 77.2 cm³/mol. The number of aliphatic hydroxyl groups excluding tert-OH is 2. The van der Waals surface area contributed by atoms with Gasteiger partial charge < -0.3 is 14.9 Å². The third kappa shape index (κ3) is 5.62. The molecule has 0 aliphatic rings. The van der Waals surface area contributed by atoms with Crippen LogP contribution in [0.4, 0.5) is 0 Å². The highest BCUT2D eigenvalue weighted by Gasteiger charge is 2.29. The highest BCUT2D eigenvalue weighted by molar-refractivity contribution is 5.20. The minimum absolute atomic E-state index is 0.0347. The van der Waals surface area contributed by atoms with Gasteiger partial charge in [0, 0.05) is 5.41 Å². The molecule has 108 valence electrons. The van der Waals surface area contributed by atoms with E-state index in [1.807, 2.05) is 30.3 Å². The van der Waals surface area contributed by atoms with Gasteiger partial charge in [-0.2, -0.15) is 0 Å². The molecule has 0 aromatic heterocycles. The molecular formula is C16H26O3. The van der Waals surface area contributed by atoms with Crippen molar-refractivity contribution in [3.05, 3.63) is 30.3 Å². The molecule has 3 nitrogen and oxygen atoms in total. The van der Waals surface area contributed by atoms with Gasteiger partial charge in [0.15, 0.2) is 0 Å². The van der Waals surface area contributed by atoms with Crippen molar-refractivity contribution in [2.45, 2.75) is 33.1 Å². The van der Waals surface area contributed by atoms with E-state index in [2.05, 4.69) is 13.8 Å². The Morgan fingerprint density at radius 3 is 2.26 bits per heavy atom. The molecule has 0 atom stereocenters. The van der Waals surface area contributed by atoms with Crippen molar-refractivity contribution in [2.24, 2.45) is 11.3 Å². The second-order valence-corrected chi connectivity index (χ2v) is 5.68. The van der Waals surface area contributed by atoms with Gasteiger partial charge >= 0.3 is 0 Å². The summed E-state index contributed by atoms with van der Waals surface area (Å²) in [5.74, 6) is 1.33. The fourth-order valence-electron chi connectivity index (χ4n) is 2.46. The van der Waals surface area contributed by atoms with E-state index in [1.165, 1.54) is 0 Å². The SMILES string of the molecule is CC(C)CC(CO)(CO)CCCOc1ccccc1. The van der Waals surface area contributed by atoms with Crippen LogP contribution in [0.3, 0.4) is 0 Å². The highest BCUT2D eigenvalue weighted by Crippen LogP contribution is 2.31. The minimum Gasteiger partial charge on any atom is -0.494 e. The number of hydrogen-bond acceptors (Lipinski definition) is 3. The summed E-state index contributed by atoms with van der Waals surface area (Å²) in [7, 11) is 0. The molecule has 2 N–H and O–H groups in total. The topological polar surface area (TPSA) is 49.7 Å². The van der Waals surface area contributed by atoms with Crippen LogP contribution in [0.25, 0.3) is 0 Å². The van der Waals surface area contributed by atoms with E-state index in [0.29, 0.717) is 12.5 Å². The lowest BCUT2D eigenvalue weighted by molar-refractivity contribution is 0.0252. The Hall–Kier alpha value is -1.06. The number of benzene rings is 1. The summed E-state index contributed by atoms with van der Waals surface area (Å²) in [4.78, 5) is 0. The molecule has 0 aliphatic carbocycles. The first kappa shape index (κ1) is 16.0. The van der Waals surface area contributed by atoms with Crippen LogP contribution in [-0.2, 0) is 0 Å². The van der Waals surface area contributed by atoms with Crippen LogP contribution in [0.5, 0.6) is 5.75 Å². The van der Waals surface area contributed by atoms with Gasteiger partial charge in [0.25, 0.3) is 0 Å². The standard InChI is InChI=1S/C16H26O3/c1-14(2)11-16(12-17,13-18)9-6-10-19-15-7-4-3-5-8-15/h3-5,7-8,14,17-18H,6,9-13H2,1-2H3. The number of ether oxygens (including phenoxy) is 1. The lowest BCUT2D eigenvalue weighted by Gasteiger charge is -2.31. The van der Waals surface area contributed by atoms with Crippen molar-refractivity contribution < 1.29 is 14.9 Å². The zero-order valence-corrected chi connectivity index (χ0v) is 12.0. The van der Waals surface area contributed by atoms with E-state index in [-0.39, 0.29) is 18.6 Å². The highest BCUT2D eigenvalue weighted by atomic mass is 16.5. The third-order valence-electron chi connectivity index (χ3n) is 3.38. The van der Waals surface area contributed by atoms with Crippen molar-refractivity contribution in [3.63, 3.8) is 0 Å². The van der Waals surface area contributed by atoms with Crippen LogP contribution < -0.4 is 4.74 Å². The van der Waals surface area contributed by atoms with E-state index in [0.717, 1.165) is 25.0 Å². The van der Waals surface area contributed by atoms with E-state index < -0.39 is 0 Å². The third-order valence-corrected chi connectivity index (χ3v) is 3.38. The summed E-state index contributed by atoms with van der Waals surface area (Å²) in [5.41, 5.74) is -0.367. The Balaban J connectivity index is 2.36. The maximum atomic E-state index is 9.54. The molecule has 0 radical (unpaired) electrons. The fourth-order valence-corrected chi connectivity index (χ4v) is 2.46. The zero-order valence-electron chi connectivity index (χ0n) is 12.0. The number of rotatable bonds is 9. The average molecular weight is 266 g/mol. The van der Waals surface area contributed by atoms with Crippen LogP contribution in [-0.4, -0.2) is 30.0 Å². The maximum Gasteiger partial charge on any atom is 0.119 e. The summed E-state index contributed by atoms with van der Waals surface area (Å²) in [6.45, 7) is 4.91. The zero-order chi connectivity index (χ0) is 14.1. The average Bonchev–Trinajstić information content (AvgIpc) is 2.43. The Bertz CT molecular complexity index is 331. The maximum absolute atomic E-state index is 9.54. The summed E-state index contributed by atoms with van der Waals surface area (Å²) < 4.78 is 5.63. The first-order chi connectivity index (χ1) is 9.12. The molecule has 1 aromatic carbocycles. The van der Waals surface area contributed by atoms with E-state index >= 15 is 0 Å². The van der Waals surface area contributed by atoms with Gasteiger partial charge in [-0.1, -0.05) is 32.0 Å². The van der Waals surface area contributed by atoms with Crippen molar-refractivity contribution in [1.82, 2.24) is 0 Å². The van der Waals surface area contributed by atoms with Gasteiger partial charge in [0.2, 0.25) is 0 Å².